The maximum Gasteiger partial charge on any atom is 0.244 e. The lowest BCUT2D eigenvalue weighted by Gasteiger charge is -2.15. The number of carbonyl (C=O) groups is 1. The van der Waals surface area contributed by atoms with Gasteiger partial charge in [-0.2, -0.15) is 0 Å². The first-order valence-corrected chi connectivity index (χ1v) is 4.38. The van der Waals surface area contributed by atoms with Crippen molar-refractivity contribution in [2.24, 2.45) is 0 Å². The Morgan fingerprint density at radius 2 is 1.77 bits per heavy atom. The van der Waals surface area contributed by atoms with Gasteiger partial charge in [-0.1, -0.05) is 18.2 Å². The number of hydrogen-bond donors (Lipinski definition) is 0. The second kappa shape index (κ2) is 7.77. The molecule has 0 N–H and O–H groups in total. The van der Waals surface area contributed by atoms with Gasteiger partial charge >= 0.3 is 0 Å². The molecule has 0 heterocycles. The molecule has 0 aromatic rings. The molecule has 0 saturated carbocycles. The molecule has 0 saturated heterocycles. The largest absolute Gasteiger partial charge is 0.292 e. The zero-order chi connectivity index (χ0) is 10.1. The first kappa shape index (κ1) is 12.1. The molecule has 0 radical (unpaired) electrons. The molecule has 0 aliphatic rings. The van der Waals surface area contributed by atoms with Crippen molar-refractivity contribution in [3.8, 4) is 0 Å². The molecule has 0 spiro atoms. The van der Waals surface area contributed by atoms with E-state index in [1.54, 1.807) is 18.2 Å². The van der Waals surface area contributed by atoms with Crippen molar-refractivity contribution in [1.82, 2.24) is 4.90 Å². The monoisotopic (exact) mass is 199 g/mol. The summed E-state index contributed by atoms with van der Waals surface area (Å²) in [6.07, 6.45) is 6.68. The minimum absolute atomic E-state index is 0.447. The highest BCUT2D eigenvalue weighted by Crippen LogP contribution is 1.91. The molecule has 0 aliphatic heterocycles. The van der Waals surface area contributed by atoms with Gasteiger partial charge in [-0.3, -0.25) is 9.69 Å². The van der Waals surface area contributed by atoms with E-state index in [0.29, 0.717) is 6.54 Å². The van der Waals surface area contributed by atoms with Gasteiger partial charge in [-0.15, -0.1) is 13.2 Å². The Kier molecular flexibility index (Phi) is 7.26. The van der Waals surface area contributed by atoms with Crippen LogP contribution in [0.15, 0.2) is 37.5 Å². The molecule has 0 aromatic carbocycles. The fourth-order valence-electron chi connectivity index (χ4n) is 0.883. The molecule has 13 heavy (non-hydrogen) atoms. The standard InChI is InChI=1S/C10H14ClNO/c1-3-7-12(8-4-2)9-5-6-10(11)13/h3-6H,1-2,7-9H2/b6-5+. The van der Waals surface area contributed by atoms with Crippen LogP contribution in [0.2, 0.25) is 0 Å². The predicted octanol–water partition coefficient (Wildman–Crippen LogP) is 1.98. The van der Waals surface area contributed by atoms with E-state index in [-0.39, 0.29) is 0 Å². The van der Waals surface area contributed by atoms with Crippen LogP contribution in [0.1, 0.15) is 0 Å². The minimum atomic E-state index is -0.447. The number of carbonyl (C=O) groups excluding carboxylic acids is 1. The van der Waals surface area contributed by atoms with E-state index in [0.717, 1.165) is 13.1 Å². The summed E-state index contributed by atoms with van der Waals surface area (Å²) in [5.74, 6) is 0. The number of rotatable bonds is 7. The van der Waals surface area contributed by atoms with Crippen LogP contribution in [0.4, 0.5) is 0 Å². The second-order valence-corrected chi connectivity index (χ2v) is 2.87. The van der Waals surface area contributed by atoms with Crippen molar-refractivity contribution in [3.63, 3.8) is 0 Å². The summed E-state index contributed by atoms with van der Waals surface area (Å²) in [6.45, 7) is 9.48. The molecule has 0 rings (SSSR count). The van der Waals surface area contributed by atoms with Crippen molar-refractivity contribution >= 4 is 16.8 Å². The van der Waals surface area contributed by atoms with E-state index in [2.05, 4.69) is 18.1 Å². The lowest BCUT2D eigenvalue weighted by molar-refractivity contribution is -0.107. The minimum Gasteiger partial charge on any atom is -0.292 e. The van der Waals surface area contributed by atoms with Crippen molar-refractivity contribution in [2.75, 3.05) is 19.6 Å². The normalized spacial score (nSPS) is 10.6. The maximum atomic E-state index is 10.4. The Morgan fingerprint density at radius 1 is 1.23 bits per heavy atom. The molecule has 0 unspecified atom stereocenters. The molecule has 0 bridgehead atoms. The predicted molar refractivity (Wildman–Crippen MR) is 56.8 cm³/mol. The maximum absolute atomic E-state index is 10.4. The van der Waals surface area contributed by atoms with Gasteiger partial charge in [-0.25, -0.2) is 0 Å². The van der Waals surface area contributed by atoms with Gasteiger partial charge in [0.2, 0.25) is 5.24 Å². The van der Waals surface area contributed by atoms with Crippen LogP contribution < -0.4 is 0 Å². The third kappa shape index (κ3) is 7.50. The van der Waals surface area contributed by atoms with Crippen molar-refractivity contribution in [2.45, 2.75) is 0 Å². The first-order chi connectivity index (χ1) is 6.20. The van der Waals surface area contributed by atoms with Gasteiger partial charge in [0.15, 0.2) is 0 Å². The zero-order valence-electron chi connectivity index (χ0n) is 7.58. The summed E-state index contributed by atoms with van der Waals surface area (Å²) in [5.41, 5.74) is 0. The summed E-state index contributed by atoms with van der Waals surface area (Å²) in [4.78, 5) is 12.4. The van der Waals surface area contributed by atoms with Crippen LogP contribution in [0.5, 0.6) is 0 Å². The van der Waals surface area contributed by atoms with E-state index in [1.165, 1.54) is 6.08 Å². The molecule has 0 fully saturated rings. The second-order valence-electron chi connectivity index (χ2n) is 2.50. The van der Waals surface area contributed by atoms with E-state index < -0.39 is 5.24 Å². The van der Waals surface area contributed by atoms with E-state index in [1.807, 2.05) is 0 Å². The van der Waals surface area contributed by atoms with Crippen LogP contribution >= 0.6 is 11.6 Å². The molecular weight excluding hydrogens is 186 g/mol. The molecule has 0 atom stereocenters. The highest BCUT2D eigenvalue weighted by molar-refractivity contribution is 6.66. The van der Waals surface area contributed by atoms with Crippen LogP contribution in [0.3, 0.4) is 0 Å². The third-order valence-electron chi connectivity index (χ3n) is 1.39. The van der Waals surface area contributed by atoms with Crippen LogP contribution in [0, 0.1) is 0 Å². The molecule has 0 aromatic heterocycles. The van der Waals surface area contributed by atoms with Gasteiger partial charge in [0.05, 0.1) is 0 Å². The lowest BCUT2D eigenvalue weighted by Crippen LogP contribution is -2.23. The van der Waals surface area contributed by atoms with Crippen molar-refractivity contribution in [3.05, 3.63) is 37.5 Å². The topological polar surface area (TPSA) is 20.3 Å². The molecule has 0 amide bonds. The summed E-state index contributed by atoms with van der Waals surface area (Å²) in [6, 6.07) is 0. The van der Waals surface area contributed by atoms with E-state index in [9.17, 15) is 4.79 Å². The van der Waals surface area contributed by atoms with Crippen molar-refractivity contribution < 1.29 is 4.79 Å². The van der Waals surface area contributed by atoms with Gasteiger partial charge < -0.3 is 0 Å². The Labute approximate surface area is 84.2 Å². The molecule has 0 aliphatic carbocycles. The third-order valence-corrected chi connectivity index (χ3v) is 1.51. The molecule has 72 valence electrons. The summed E-state index contributed by atoms with van der Waals surface area (Å²) < 4.78 is 0. The first-order valence-electron chi connectivity index (χ1n) is 4.01. The van der Waals surface area contributed by atoms with E-state index in [4.69, 9.17) is 11.6 Å². The van der Waals surface area contributed by atoms with Crippen LogP contribution in [-0.2, 0) is 4.79 Å². The fraction of sp³-hybridized carbons (Fsp3) is 0.300. The number of allylic oxidation sites excluding steroid dienone is 1. The number of hydrogen-bond acceptors (Lipinski definition) is 2. The Hall–Kier alpha value is -0.860. The SMILES string of the molecule is C=CCN(CC=C)C/C=C/C(=O)Cl. The Bertz CT molecular complexity index is 201. The van der Waals surface area contributed by atoms with Crippen LogP contribution in [0.25, 0.3) is 0 Å². The zero-order valence-corrected chi connectivity index (χ0v) is 8.33. The van der Waals surface area contributed by atoms with Gasteiger partial charge in [0.25, 0.3) is 0 Å². The van der Waals surface area contributed by atoms with Crippen LogP contribution in [-0.4, -0.2) is 29.8 Å². The van der Waals surface area contributed by atoms with E-state index >= 15 is 0 Å². The highest BCUT2D eigenvalue weighted by atomic mass is 35.5. The van der Waals surface area contributed by atoms with Gasteiger partial charge in [0.1, 0.15) is 0 Å². The average molecular weight is 200 g/mol. The summed E-state index contributed by atoms with van der Waals surface area (Å²) >= 11 is 5.13. The number of halogens is 1. The Morgan fingerprint density at radius 3 is 2.15 bits per heavy atom. The van der Waals surface area contributed by atoms with Gasteiger partial charge in [0, 0.05) is 19.6 Å². The van der Waals surface area contributed by atoms with Gasteiger partial charge in [-0.05, 0) is 17.7 Å². The molecule has 2 nitrogen and oxygen atoms in total. The smallest absolute Gasteiger partial charge is 0.244 e. The fourth-order valence-corrected chi connectivity index (χ4v) is 0.972. The quantitative estimate of drug-likeness (QED) is 0.355. The molecular formula is C10H14ClNO. The molecule has 3 heteroatoms. The number of nitrogens with zero attached hydrogens (tertiary/aromatic N) is 1. The highest BCUT2D eigenvalue weighted by Gasteiger charge is 1.96. The average Bonchev–Trinajstić information content (AvgIpc) is 2.04. The summed E-state index contributed by atoms with van der Waals surface area (Å²) in [7, 11) is 0. The van der Waals surface area contributed by atoms with Crippen molar-refractivity contribution in [1.29, 1.82) is 0 Å². The Balaban J connectivity index is 3.86. The summed E-state index contributed by atoms with van der Waals surface area (Å²) in [5, 5.41) is -0.447. The lowest BCUT2D eigenvalue weighted by atomic mass is 10.4.